The first-order valence-electron chi connectivity index (χ1n) is 5.19. The minimum atomic E-state index is -0.00843. The molecule has 2 heterocycles. The van der Waals surface area contributed by atoms with Gasteiger partial charge in [0.2, 0.25) is 0 Å². The zero-order valence-corrected chi connectivity index (χ0v) is 11.6. The van der Waals surface area contributed by atoms with Crippen molar-refractivity contribution in [1.82, 2.24) is 9.97 Å². The van der Waals surface area contributed by atoms with Crippen LogP contribution in [0.2, 0.25) is 0 Å². The largest absolute Gasteiger partial charge is 0.310 e. The number of halogens is 1. The molecule has 16 heavy (non-hydrogen) atoms. The van der Waals surface area contributed by atoms with Crippen LogP contribution in [0.15, 0.2) is 10.2 Å². The molecule has 0 aliphatic carbocycles. The Hall–Kier alpha value is -0.680. The maximum atomic E-state index is 12.0. The zero-order valence-electron chi connectivity index (χ0n) is 9.21. The number of alkyl halides is 1. The number of nitrogens with zero attached hydrogens (tertiary/aromatic N) is 1. The number of aromatic nitrogens is 2. The molecule has 0 amide bonds. The predicted molar refractivity (Wildman–Crippen MR) is 71.8 cm³/mol. The molecule has 3 nitrogen and oxygen atoms in total. The van der Waals surface area contributed by atoms with Crippen molar-refractivity contribution in [2.75, 3.05) is 5.33 Å². The lowest BCUT2D eigenvalue weighted by Crippen LogP contribution is -2.12. The third-order valence-electron chi connectivity index (χ3n) is 2.47. The van der Waals surface area contributed by atoms with E-state index in [1.54, 1.807) is 11.3 Å². The number of fused-ring (bicyclic) bond motifs is 1. The fraction of sp³-hybridized carbons (Fsp3) is 0.455. The van der Waals surface area contributed by atoms with E-state index in [2.05, 4.69) is 39.7 Å². The summed E-state index contributed by atoms with van der Waals surface area (Å²) in [5, 5.41) is 3.61. The Labute approximate surface area is 106 Å². The highest BCUT2D eigenvalue weighted by atomic mass is 79.9. The Morgan fingerprint density at radius 3 is 2.94 bits per heavy atom. The molecule has 0 saturated heterocycles. The Morgan fingerprint density at radius 1 is 1.56 bits per heavy atom. The number of hydrogen-bond acceptors (Lipinski definition) is 3. The number of H-pyrrole nitrogens is 1. The molecule has 0 fully saturated rings. The molecule has 2 aromatic heterocycles. The molecule has 2 aromatic rings. The molecule has 2 rings (SSSR count). The van der Waals surface area contributed by atoms with Crippen molar-refractivity contribution in [1.29, 1.82) is 0 Å². The summed E-state index contributed by atoms with van der Waals surface area (Å²) in [7, 11) is 0. The normalized spacial score (nSPS) is 11.5. The van der Waals surface area contributed by atoms with Gasteiger partial charge < -0.3 is 4.98 Å². The van der Waals surface area contributed by atoms with E-state index < -0.39 is 0 Å². The van der Waals surface area contributed by atoms with Gasteiger partial charge in [0.15, 0.2) is 0 Å². The second-order valence-corrected chi connectivity index (χ2v) is 5.63. The third-order valence-corrected chi connectivity index (χ3v) is 3.76. The number of aromatic amines is 1. The molecule has 0 radical (unpaired) electrons. The summed E-state index contributed by atoms with van der Waals surface area (Å²) < 4.78 is 0. The van der Waals surface area contributed by atoms with Crippen LogP contribution in [-0.4, -0.2) is 15.3 Å². The van der Waals surface area contributed by atoms with Gasteiger partial charge in [-0.15, -0.1) is 11.3 Å². The molecule has 1 N–H and O–H groups in total. The van der Waals surface area contributed by atoms with Crippen LogP contribution in [-0.2, 0) is 6.42 Å². The van der Waals surface area contributed by atoms with Gasteiger partial charge in [-0.25, -0.2) is 4.98 Å². The quantitative estimate of drug-likeness (QED) is 0.886. The fourth-order valence-electron chi connectivity index (χ4n) is 1.65. The number of nitrogens with one attached hydrogen (secondary N) is 1. The van der Waals surface area contributed by atoms with Crippen molar-refractivity contribution < 1.29 is 0 Å². The zero-order chi connectivity index (χ0) is 11.7. The van der Waals surface area contributed by atoms with E-state index >= 15 is 0 Å². The second-order valence-electron chi connectivity index (χ2n) is 3.98. The molecule has 0 spiro atoms. The first-order chi connectivity index (χ1) is 7.63. The summed E-state index contributed by atoms with van der Waals surface area (Å²) in [5.41, 5.74) is 1.09. The van der Waals surface area contributed by atoms with Crippen LogP contribution >= 0.6 is 27.3 Å². The van der Waals surface area contributed by atoms with Crippen LogP contribution < -0.4 is 5.56 Å². The molecule has 0 aliphatic rings. The van der Waals surface area contributed by atoms with Gasteiger partial charge in [-0.3, -0.25) is 4.79 Å². The van der Waals surface area contributed by atoms with Crippen LogP contribution in [0.25, 0.3) is 10.2 Å². The summed E-state index contributed by atoms with van der Waals surface area (Å²) in [6, 6.07) is 0. The highest BCUT2D eigenvalue weighted by Crippen LogP contribution is 2.27. The van der Waals surface area contributed by atoms with Crippen LogP contribution in [0.5, 0.6) is 0 Å². The van der Waals surface area contributed by atoms with E-state index in [4.69, 9.17) is 0 Å². The molecule has 86 valence electrons. The average Bonchev–Trinajstić information content (AvgIpc) is 2.62. The van der Waals surface area contributed by atoms with Crippen molar-refractivity contribution in [2.45, 2.75) is 26.2 Å². The average molecular weight is 301 g/mol. The summed E-state index contributed by atoms with van der Waals surface area (Å²) in [6.07, 6.45) is 0.750. The number of hydrogen-bond donors (Lipinski definition) is 1. The molecule has 0 unspecified atom stereocenters. The summed E-state index contributed by atoms with van der Waals surface area (Å²) in [4.78, 5) is 20.1. The van der Waals surface area contributed by atoms with E-state index in [0.717, 1.165) is 33.4 Å². The fourth-order valence-corrected chi connectivity index (χ4v) is 3.14. The van der Waals surface area contributed by atoms with Gasteiger partial charge in [-0.05, 0) is 16.9 Å². The van der Waals surface area contributed by atoms with Gasteiger partial charge in [0, 0.05) is 11.8 Å². The molecule has 0 aliphatic heterocycles. The lowest BCUT2D eigenvalue weighted by Gasteiger charge is -2.02. The predicted octanol–water partition coefficient (Wildman–Crippen LogP) is 3.05. The highest BCUT2D eigenvalue weighted by molar-refractivity contribution is 9.09. The Bertz CT molecular complexity index is 559. The molecule has 0 saturated carbocycles. The van der Waals surface area contributed by atoms with Gasteiger partial charge in [0.1, 0.15) is 10.7 Å². The lowest BCUT2D eigenvalue weighted by atomic mass is 10.0. The van der Waals surface area contributed by atoms with Gasteiger partial charge in [-0.2, -0.15) is 0 Å². The Morgan fingerprint density at radius 2 is 2.31 bits per heavy atom. The topological polar surface area (TPSA) is 45.8 Å². The van der Waals surface area contributed by atoms with Crippen LogP contribution in [0, 0.1) is 0 Å². The monoisotopic (exact) mass is 300 g/mol. The van der Waals surface area contributed by atoms with Crippen molar-refractivity contribution in [3.8, 4) is 0 Å². The van der Waals surface area contributed by atoms with Crippen LogP contribution in [0.4, 0.5) is 0 Å². The third kappa shape index (κ3) is 2.06. The number of aryl methyl sites for hydroxylation is 1. The molecular formula is C11H13BrN2OS. The van der Waals surface area contributed by atoms with Crippen LogP contribution in [0.3, 0.4) is 0 Å². The molecular weight excluding hydrogens is 288 g/mol. The van der Waals surface area contributed by atoms with E-state index in [1.165, 1.54) is 0 Å². The Balaban J connectivity index is 2.64. The number of thiophene rings is 1. The number of rotatable bonds is 3. The van der Waals surface area contributed by atoms with Gasteiger partial charge in [-0.1, -0.05) is 29.8 Å². The minimum absolute atomic E-state index is 0.00843. The lowest BCUT2D eigenvalue weighted by molar-refractivity contribution is 0.875. The minimum Gasteiger partial charge on any atom is -0.310 e. The first-order valence-corrected chi connectivity index (χ1v) is 7.20. The van der Waals surface area contributed by atoms with Crippen molar-refractivity contribution in [3.05, 3.63) is 27.1 Å². The van der Waals surface area contributed by atoms with Gasteiger partial charge >= 0.3 is 0 Å². The summed E-state index contributed by atoms with van der Waals surface area (Å²) in [6.45, 7) is 4.18. The molecule has 0 aromatic carbocycles. The van der Waals surface area contributed by atoms with E-state index in [0.29, 0.717) is 5.92 Å². The van der Waals surface area contributed by atoms with Gasteiger partial charge in [0.05, 0.1) is 5.39 Å². The summed E-state index contributed by atoms with van der Waals surface area (Å²) in [5.74, 6) is 1.12. The summed E-state index contributed by atoms with van der Waals surface area (Å²) >= 11 is 4.89. The first kappa shape index (κ1) is 11.8. The van der Waals surface area contributed by atoms with Gasteiger partial charge in [0.25, 0.3) is 5.56 Å². The highest BCUT2D eigenvalue weighted by Gasteiger charge is 2.13. The molecule has 5 heteroatoms. The molecule has 0 atom stereocenters. The van der Waals surface area contributed by atoms with Crippen molar-refractivity contribution in [3.63, 3.8) is 0 Å². The van der Waals surface area contributed by atoms with E-state index in [1.807, 2.05) is 5.38 Å². The maximum absolute atomic E-state index is 12.0. The second kappa shape index (κ2) is 4.67. The van der Waals surface area contributed by atoms with Crippen LogP contribution in [0.1, 0.15) is 31.2 Å². The SMILES string of the molecule is CC(C)c1csc2nc(CCBr)[nH]c(=O)c12. The molecule has 0 bridgehead atoms. The van der Waals surface area contributed by atoms with Crippen molar-refractivity contribution >= 4 is 37.5 Å². The Kier molecular flexibility index (Phi) is 3.44. The van der Waals surface area contributed by atoms with E-state index in [-0.39, 0.29) is 5.56 Å². The van der Waals surface area contributed by atoms with Crippen molar-refractivity contribution in [2.24, 2.45) is 0 Å². The maximum Gasteiger partial charge on any atom is 0.259 e. The standard InChI is InChI=1S/C11H13BrN2OS/c1-6(2)7-5-16-11-9(7)10(15)13-8(14-11)3-4-12/h5-6H,3-4H2,1-2H3,(H,13,14,15). The van der Waals surface area contributed by atoms with E-state index in [9.17, 15) is 4.79 Å². The smallest absolute Gasteiger partial charge is 0.259 e.